The fraction of sp³-hybridized carbons (Fsp3) is 0.179. The molecule has 0 saturated heterocycles. The first kappa shape index (κ1) is 31.2. The number of anilines is 2. The predicted molar refractivity (Wildman–Crippen MR) is 180 cm³/mol. The molecular weight excluding hydrogens is 592 g/mol. The van der Waals surface area contributed by atoms with E-state index in [1.165, 1.54) is 24.3 Å². The molecule has 8 heteroatoms. The van der Waals surface area contributed by atoms with E-state index in [9.17, 15) is 19.2 Å². The quantitative estimate of drug-likeness (QED) is 0.169. The summed E-state index contributed by atoms with van der Waals surface area (Å²) >= 11 is 0. The van der Waals surface area contributed by atoms with E-state index in [1.807, 2.05) is 12.1 Å². The number of carbonyl (C=O) groups excluding carboxylic acids is 4. The van der Waals surface area contributed by atoms with Crippen molar-refractivity contribution in [2.75, 3.05) is 9.80 Å². The molecule has 0 spiro atoms. The van der Waals surface area contributed by atoms with E-state index in [1.54, 1.807) is 48.5 Å². The Morgan fingerprint density at radius 2 is 0.851 bits per heavy atom. The highest BCUT2D eigenvalue weighted by Crippen LogP contribution is 2.38. The van der Waals surface area contributed by atoms with Crippen molar-refractivity contribution in [3.63, 3.8) is 0 Å². The summed E-state index contributed by atoms with van der Waals surface area (Å²) in [4.78, 5) is 50.3. The Bertz CT molecular complexity index is 1780. The lowest BCUT2D eigenvalue weighted by Gasteiger charge is -2.28. The van der Waals surface area contributed by atoms with Crippen LogP contribution in [0.25, 0.3) is 0 Å². The molecule has 0 aromatic heterocycles. The van der Waals surface area contributed by atoms with Gasteiger partial charge in [-0.2, -0.15) is 0 Å². The van der Waals surface area contributed by atoms with Gasteiger partial charge >= 0.3 is 0 Å². The van der Waals surface area contributed by atoms with Crippen LogP contribution in [0, 0.1) is 0 Å². The summed E-state index contributed by atoms with van der Waals surface area (Å²) in [7, 11) is 0. The minimum Gasteiger partial charge on any atom is -0.457 e. The second-order valence-corrected chi connectivity index (χ2v) is 11.9. The van der Waals surface area contributed by atoms with E-state index in [0.29, 0.717) is 22.9 Å². The maximum Gasteiger partial charge on any atom is 0.258 e. The third kappa shape index (κ3) is 6.10. The zero-order valence-corrected chi connectivity index (χ0v) is 26.7. The van der Waals surface area contributed by atoms with Gasteiger partial charge in [0.1, 0.15) is 23.0 Å². The number of hydrogen-bond donors (Lipinski definition) is 0. The van der Waals surface area contributed by atoms with Crippen molar-refractivity contribution in [1.82, 2.24) is 0 Å². The second-order valence-electron chi connectivity index (χ2n) is 11.9. The lowest BCUT2D eigenvalue weighted by atomic mass is 9.77. The highest BCUT2D eigenvalue weighted by Gasteiger charge is 2.27. The van der Waals surface area contributed by atoms with Crippen molar-refractivity contribution in [3.8, 4) is 23.0 Å². The molecule has 2 aliphatic rings. The molecule has 4 aromatic carbocycles. The zero-order valence-electron chi connectivity index (χ0n) is 26.7. The lowest BCUT2D eigenvalue weighted by molar-refractivity contribution is -0.121. The number of carbonyl (C=O) groups is 4. The number of amides is 4. The third-order valence-electron chi connectivity index (χ3n) is 8.59. The average molecular weight is 627 g/mol. The fourth-order valence-corrected chi connectivity index (χ4v) is 5.74. The van der Waals surface area contributed by atoms with Crippen LogP contribution in [0.5, 0.6) is 23.0 Å². The van der Waals surface area contributed by atoms with Crippen LogP contribution in [0.15, 0.2) is 109 Å². The van der Waals surface area contributed by atoms with Crippen molar-refractivity contribution in [1.29, 1.82) is 0 Å². The summed E-state index contributed by atoms with van der Waals surface area (Å²) in [6.07, 6.45) is 6.58. The molecule has 47 heavy (non-hydrogen) atoms. The molecule has 0 bridgehead atoms. The molecule has 0 N–H and O–H groups in total. The smallest absolute Gasteiger partial charge is 0.258 e. The first-order valence-corrected chi connectivity index (χ1v) is 15.5. The number of ether oxygens (including phenoxy) is 2. The Morgan fingerprint density at radius 1 is 0.511 bits per heavy atom. The van der Waals surface area contributed by atoms with Crippen LogP contribution in [-0.4, -0.2) is 23.6 Å². The number of imide groups is 2. The van der Waals surface area contributed by atoms with Crippen LogP contribution in [0.4, 0.5) is 11.4 Å². The number of hydrogen-bond acceptors (Lipinski definition) is 6. The van der Waals surface area contributed by atoms with Crippen LogP contribution < -0.4 is 19.3 Å². The summed E-state index contributed by atoms with van der Waals surface area (Å²) in [6.45, 7) is 8.57. The van der Waals surface area contributed by atoms with E-state index < -0.39 is 0 Å². The molecular formula is C39H34N2O6. The lowest BCUT2D eigenvalue weighted by Crippen LogP contribution is -2.29. The Hall–Kier alpha value is -5.76. The van der Waals surface area contributed by atoms with Gasteiger partial charge in [-0.15, -0.1) is 0 Å². The van der Waals surface area contributed by atoms with Gasteiger partial charge in [0.25, 0.3) is 23.6 Å². The Labute approximate surface area is 273 Å². The minimum atomic E-state index is -0.358. The summed E-state index contributed by atoms with van der Waals surface area (Å²) in [5.41, 5.74) is 5.07. The zero-order chi connectivity index (χ0) is 33.3. The van der Waals surface area contributed by atoms with E-state index in [-0.39, 0.29) is 29.0 Å². The molecule has 0 fully saturated rings. The summed E-state index contributed by atoms with van der Waals surface area (Å²) in [5, 5.41) is 0. The predicted octanol–water partition coefficient (Wildman–Crippen LogP) is 7.58. The fourth-order valence-electron chi connectivity index (χ4n) is 5.74. The standard InChI is InChI=1S/C39H34N2O6/c1-5-25-23-27(7-17-33(25)46-31-13-9-29(10-14-31)40-35(42)19-20-36(40)43)39(3,4)28-8-18-34(26(6-2)24-28)47-32-15-11-30(12-16-32)41-37(44)21-22-38(41)45/h7-24H,5-6H2,1-4H3. The van der Waals surface area contributed by atoms with Crippen LogP contribution in [0.2, 0.25) is 0 Å². The van der Waals surface area contributed by atoms with Gasteiger partial charge in [-0.25, -0.2) is 9.80 Å². The van der Waals surface area contributed by atoms with Gasteiger partial charge in [0, 0.05) is 29.7 Å². The Balaban J connectivity index is 1.18. The molecule has 0 saturated carbocycles. The van der Waals surface area contributed by atoms with Gasteiger partial charge in [0.2, 0.25) is 0 Å². The molecule has 236 valence electrons. The third-order valence-corrected chi connectivity index (χ3v) is 8.59. The normalized spacial score (nSPS) is 14.5. The monoisotopic (exact) mass is 626 g/mol. The first-order valence-electron chi connectivity index (χ1n) is 15.5. The molecule has 6 rings (SSSR count). The summed E-state index contributed by atoms with van der Waals surface area (Å²) in [5.74, 6) is 1.27. The number of benzene rings is 4. The molecule has 0 atom stereocenters. The first-order chi connectivity index (χ1) is 22.6. The molecule has 4 amide bonds. The van der Waals surface area contributed by atoms with Gasteiger partial charge in [-0.3, -0.25) is 19.2 Å². The van der Waals surface area contributed by atoms with Crippen LogP contribution in [0.3, 0.4) is 0 Å². The molecule has 2 heterocycles. The van der Waals surface area contributed by atoms with Gasteiger partial charge in [0.05, 0.1) is 11.4 Å². The summed E-state index contributed by atoms with van der Waals surface area (Å²) < 4.78 is 12.5. The Morgan fingerprint density at radius 3 is 1.17 bits per heavy atom. The molecule has 4 aromatic rings. The highest BCUT2D eigenvalue weighted by atomic mass is 16.5. The molecule has 2 aliphatic heterocycles. The van der Waals surface area contributed by atoms with Crippen LogP contribution >= 0.6 is 0 Å². The SMILES string of the molecule is CCc1cc(C(C)(C)c2ccc(Oc3ccc(N4C(=O)C=CC4=O)cc3)c(CC)c2)ccc1Oc1ccc(N2C(=O)C=CC2=O)cc1. The Kier molecular flexibility index (Phi) is 8.35. The van der Waals surface area contributed by atoms with Gasteiger partial charge in [0.15, 0.2) is 0 Å². The van der Waals surface area contributed by atoms with E-state index in [0.717, 1.165) is 56.4 Å². The largest absolute Gasteiger partial charge is 0.457 e. The van der Waals surface area contributed by atoms with Crippen molar-refractivity contribution in [2.24, 2.45) is 0 Å². The van der Waals surface area contributed by atoms with Crippen molar-refractivity contribution in [3.05, 3.63) is 131 Å². The highest BCUT2D eigenvalue weighted by molar-refractivity contribution is 6.28. The molecule has 0 radical (unpaired) electrons. The van der Waals surface area contributed by atoms with E-state index in [2.05, 4.69) is 52.0 Å². The maximum absolute atomic E-state index is 12.0. The average Bonchev–Trinajstić information content (AvgIpc) is 3.60. The second kappa shape index (κ2) is 12.6. The van der Waals surface area contributed by atoms with E-state index >= 15 is 0 Å². The van der Waals surface area contributed by atoms with Crippen LogP contribution in [0.1, 0.15) is 49.9 Å². The van der Waals surface area contributed by atoms with Gasteiger partial charge in [-0.05, 0) is 95.8 Å². The van der Waals surface area contributed by atoms with E-state index in [4.69, 9.17) is 9.47 Å². The number of rotatable bonds is 10. The maximum atomic E-state index is 12.0. The van der Waals surface area contributed by atoms with Crippen LogP contribution in [-0.2, 0) is 37.4 Å². The molecule has 0 unspecified atom stereocenters. The number of nitrogens with zero attached hydrogens (tertiary/aromatic N) is 2. The van der Waals surface area contributed by atoms with Crippen molar-refractivity contribution in [2.45, 2.75) is 46.0 Å². The molecule has 8 nitrogen and oxygen atoms in total. The minimum absolute atomic E-state index is 0.320. The summed E-state index contributed by atoms with van der Waals surface area (Å²) in [6, 6.07) is 26.3. The van der Waals surface area contributed by atoms with Gasteiger partial charge in [-0.1, -0.05) is 52.0 Å². The number of aryl methyl sites for hydroxylation is 2. The molecule has 0 aliphatic carbocycles. The van der Waals surface area contributed by atoms with Crippen molar-refractivity contribution >= 4 is 35.0 Å². The van der Waals surface area contributed by atoms with Crippen molar-refractivity contribution < 1.29 is 28.7 Å². The van der Waals surface area contributed by atoms with Gasteiger partial charge < -0.3 is 9.47 Å². The topological polar surface area (TPSA) is 93.2 Å².